The Morgan fingerprint density at radius 3 is 2.60 bits per heavy atom. The quantitative estimate of drug-likeness (QED) is 0.679. The summed E-state index contributed by atoms with van der Waals surface area (Å²) in [4.78, 5) is 0. The van der Waals surface area contributed by atoms with Gasteiger partial charge in [0.15, 0.2) is 0 Å². The minimum atomic E-state index is -0.395. The van der Waals surface area contributed by atoms with E-state index in [4.69, 9.17) is 24.2 Å². The van der Waals surface area contributed by atoms with E-state index in [1.165, 1.54) is 13.4 Å². The van der Waals surface area contributed by atoms with Crippen LogP contribution >= 0.6 is 0 Å². The van der Waals surface area contributed by atoms with Gasteiger partial charge in [-0.05, 0) is 0 Å². The minimum absolute atomic E-state index is 0.248. The molecule has 0 fully saturated rings. The Kier molecular flexibility index (Phi) is 4.56. The summed E-state index contributed by atoms with van der Waals surface area (Å²) in [6.45, 7) is 0.396. The van der Waals surface area contributed by atoms with Gasteiger partial charge in [0.1, 0.15) is 30.6 Å². The summed E-state index contributed by atoms with van der Waals surface area (Å²) in [7, 11) is 4.68. The molecule has 0 aromatic heterocycles. The highest BCUT2D eigenvalue weighted by atomic mass is 16.6. The van der Waals surface area contributed by atoms with Crippen LogP contribution in [0.25, 0.3) is 0 Å². The van der Waals surface area contributed by atoms with Crippen molar-refractivity contribution in [1.29, 1.82) is 5.26 Å². The summed E-state index contributed by atoms with van der Waals surface area (Å²) in [5.74, 6) is 0. The Bertz CT molecular complexity index is 271. The lowest BCUT2D eigenvalue weighted by Gasteiger charge is -2.34. The zero-order chi connectivity index (χ0) is 11.3. The summed E-state index contributed by atoms with van der Waals surface area (Å²) < 4.78 is 20.8. The van der Waals surface area contributed by atoms with E-state index in [1.54, 1.807) is 14.2 Å². The van der Waals surface area contributed by atoms with Crippen LogP contribution in [-0.2, 0) is 18.9 Å². The van der Waals surface area contributed by atoms with Crippen molar-refractivity contribution in [2.75, 3.05) is 27.9 Å². The third-order valence-electron chi connectivity index (χ3n) is 2.33. The zero-order valence-corrected chi connectivity index (χ0v) is 9.10. The second-order valence-corrected chi connectivity index (χ2v) is 3.17. The van der Waals surface area contributed by atoms with E-state index in [0.29, 0.717) is 12.2 Å². The number of nitrogens with zero attached hydrogens (tertiary/aromatic N) is 1. The number of methoxy groups -OCH3 is 3. The van der Waals surface area contributed by atoms with Crippen molar-refractivity contribution in [2.45, 2.75) is 18.3 Å². The van der Waals surface area contributed by atoms with Crippen molar-refractivity contribution in [2.24, 2.45) is 0 Å². The zero-order valence-electron chi connectivity index (χ0n) is 9.10. The lowest BCUT2D eigenvalue weighted by atomic mass is 9.99. The molecule has 1 aliphatic heterocycles. The van der Waals surface area contributed by atoms with Crippen LogP contribution in [0, 0.1) is 11.3 Å². The third-order valence-corrected chi connectivity index (χ3v) is 2.33. The molecule has 0 aliphatic carbocycles. The van der Waals surface area contributed by atoms with Gasteiger partial charge in [-0.15, -0.1) is 0 Å². The third kappa shape index (κ3) is 2.48. The first-order valence-electron chi connectivity index (χ1n) is 4.58. The number of rotatable bonds is 4. The first kappa shape index (κ1) is 12.0. The molecule has 5 nitrogen and oxygen atoms in total. The highest BCUT2D eigenvalue weighted by Gasteiger charge is 2.37. The molecular formula is C10H15NO4. The topological polar surface area (TPSA) is 60.7 Å². The van der Waals surface area contributed by atoms with Gasteiger partial charge < -0.3 is 18.9 Å². The molecule has 1 heterocycles. The van der Waals surface area contributed by atoms with Crippen molar-refractivity contribution in [3.05, 3.63) is 11.8 Å². The van der Waals surface area contributed by atoms with Crippen molar-refractivity contribution in [1.82, 2.24) is 0 Å². The maximum absolute atomic E-state index is 8.86. The van der Waals surface area contributed by atoms with Crippen LogP contribution in [0.2, 0.25) is 0 Å². The molecule has 84 valence electrons. The monoisotopic (exact) mass is 213 g/mol. The summed E-state index contributed by atoms with van der Waals surface area (Å²) in [6.07, 6.45) is 0.443. The van der Waals surface area contributed by atoms with Crippen LogP contribution in [0.3, 0.4) is 0 Å². The van der Waals surface area contributed by atoms with Crippen molar-refractivity contribution >= 4 is 0 Å². The van der Waals surface area contributed by atoms with Crippen LogP contribution in [0.5, 0.6) is 0 Å². The van der Waals surface area contributed by atoms with E-state index < -0.39 is 6.10 Å². The van der Waals surface area contributed by atoms with Gasteiger partial charge in [0.05, 0.1) is 12.2 Å². The molecule has 0 bridgehead atoms. The molecule has 0 spiro atoms. The minimum Gasteiger partial charge on any atom is -0.492 e. The van der Waals surface area contributed by atoms with E-state index in [9.17, 15) is 0 Å². The summed E-state index contributed by atoms with van der Waals surface area (Å²) in [5.41, 5.74) is 0.428. The van der Waals surface area contributed by atoms with Crippen LogP contribution < -0.4 is 0 Å². The molecule has 0 saturated heterocycles. The van der Waals surface area contributed by atoms with Crippen molar-refractivity contribution in [3.63, 3.8) is 0 Å². The fraction of sp³-hybridized carbons (Fsp3) is 0.700. The van der Waals surface area contributed by atoms with E-state index in [2.05, 4.69) is 0 Å². The van der Waals surface area contributed by atoms with Gasteiger partial charge in [-0.1, -0.05) is 0 Å². The van der Waals surface area contributed by atoms with Crippen LogP contribution in [-0.4, -0.2) is 46.2 Å². The maximum atomic E-state index is 8.86. The van der Waals surface area contributed by atoms with E-state index in [-0.39, 0.29) is 12.2 Å². The second-order valence-electron chi connectivity index (χ2n) is 3.17. The SMILES string of the molecule is COC[C@H]1OC=C(C#N)[C@@H](OC)[C@H]1OC. The molecule has 0 saturated carbocycles. The standard InChI is InChI=1S/C10H15NO4/c1-12-6-8-10(14-3)9(13-2)7(4-11)5-15-8/h5,8-10H,6H2,1-3H3/t8-,9-,10+/m1/s1. The molecule has 15 heavy (non-hydrogen) atoms. The Morgan fingerprint density at radius 1 is 1.40 bits per heavy atom. The molecule has 0 radical (unpaired) electrons. The predicted octanol–water partition coefficient (Wildman–Crippen LogP) is 0.469. The van der Waals surface area contributed by atoms with Gasteiger partial charge in [0, 0.05) is 21.3 Å². The average Bonchev–Trinajstić information content (AvgIpc) is 2.28. The molecule has 0 N–H and O–H groups in total. The van der Waals surface area contributed by atoms with E-state index in [0.717, 1.165) is 0 Å². The molecule has 3 atom stereocenters. The number of nitriles is 1. The molecular weight excluding hydrogens is 198 g/mol. The maximum Gasteiger partial charge on any atom is 0.150 e. The van der Waals surface area contributed by atoms with E-state index >= 15 is 0 Å². The Labute approximate surface area is 89.2 Å². The van der Waals surface area contributed by atoms with Crippen LogP contribution in [0.1, 0.15) is 0 Å². The average molecular weight is 213 g/mol. The first-order chi connectivity index (χ1) is 7.28. The van der Waals surface area contributed by atoms with E-state index in [1.807, 2.05) is 6.07 Å². The smallest absolute Gasteiger partial charge is 0.150 e. The second kappa shape index (κ2) is 5.71. The first-order valence-corrected chi connectivity index (χ1v) is 4.58. The van der Waals surface area contributed by atoms with Crippen molar-refractivity contribution in [3.8, 4) is 6.07 Å². The van der Waals surface area contributed by atoms with Crippen LogP contribution in [0.4, 0.5) is 0 Å². The van der Waals surface area contributed by atoms with Gasteiger partial charge >= 0.3 is 0 Å². The predicted molar refractivity (Wildman–Crippen MR) is 52.0 cm³/mol. The fourth-order valence-corrected chi connectivity index (χ4v) is 1.60. The van der Waals surface area contributed by atoms with Gasteiger partial charge in [0.25, 0.3) is 0 Å². The number of hydrogen-bond acceptors (Lipinski definition) is 5. The summed E-state index contributed by atoms with van der Waals surface area (Å²) >= 11 is 0. The molecule has 0 amide bonds. The molecule has 5 heteroatoms. The summed E-state index contributed by atoms with van der Waals surface area (Å²) in [5, 5.41) is 8.86. The highest BCUT2D eigenvalue weighted by molar-refractivity contribution is 5.27. The normalized spacial score (nSPS) is 30.3. The van der Waals surface area contributed by atoms with Gasteiger partial charge in [-0.25, -0.2) is 0 Å². The van der Waals surface area contributed by atoms with Gasteiger partial charge in [0.2, 0.25) is 0 Å². The number of ether oxygens (including phenoxy) is 4. The highest BCUT2D eigenvalue weighted by Crippen LogP contribution is 2.23. The fourth-order valence-electron chi connectivity index (χ4n) is 1.60. The Morgan fingerprint density at radius 2 is 2.13 bits per heavy atom. The molecule has 1 rings (SSSR count). The van der Waals surface area contributed by atoms with Gasteiger partial charge in [-0.3, -0.25) is 0 Å². The summed E-state index contributed by atoms with van der Waals surface area (Å²) in [6, 6.07) is 2.02. The Balaban J connectivity index is 2.83. The number of hydrogen-bond donors (Lipinski definition) is 0. The lowest BCUT2D eigenvalue weighted by Crippen LogP contribution is -2.46. The molecule has 0 aromatic carbocycles. The molecule has 1 aliphatic rings. The molecule has 0 unspecified atom stereocenters. The largest absolute Gasteiger partial charge is 0.492 e. The lowest BCUT2D eigenvalue weighted by molar-refractivity contribution is -0.116. The van der Waals surface area contributed by atoms with Gasteiger partial charge in [-0.2, -0.15) is 5.26 Å². The van der Waals surface area contributed by atoms with Crippen molar-refractivity contribution < 1.29 is 18.9 Å². The van der Waals surface area contributed by atoms with Crippen LogP contribution in [0.15, 0.2) is 11.8 Å². The molecule has 0 aromatic rings. The Hall–Kier alpha value is -1.09.